The Morgan fingerprint density at radius 3 is 2.50 bits per heavy atom. The fraction of sp³-hybridized carbons (Fsp3) is 0.400. The number of hydrogen-bond donors (Lipinski definition) is 0. The van der Waals surface area contributed by atoms with Crippen molar-refractivity contribution in [3.8, 4) is 0 Å². The highest BCUT2D eigenvalue weighted by Crippen LogP contribution is 2.26. The maximum atomic E-state index is 12.7. The average molecular weight is 450 g/mol. The molecule has 2 aromatic carbocycles. The minimum Gasteiger partial charge on any atom is -0.353 e. The number of hydrogen-bond acceptors (Lipinski definition) is 5. The summed E-state index contributed by atoms with van der Waals surface area (Å²) >= 11 is 6.00. The number of benzene rings is 2. The summed E-state index contributed by atoms with van der Waals surface area (Å²) in [5, 5.41) is 1.84. The lowest BCUT2D eigenvalue weighted by atomic mass is 10.1. The smallest absolute Gasteiger partial charge is 0.222 e. The summed E-state index contributed by atoms with van der Waals surface area (Å²) < 4.78 is 0. The topological polar surface area (TPSA) is 52.6 Å². The SMILES string of the molecule is O=C1CCC(N2CCN(c3ncnc4ccccc34)CC2)CCN1Cc1ccc(Cl)cc1. The van der Waals surface area contributed by atoms with Gasteiger partial charge in [0, 0.05) is 62.1 Å². The summed E-state index contributed by atoms with van der Waals surface area (Å²) in [7, 11) is 0. The monoisotopic (exact) mass is 449 g/mol. The Morgan fingerprint density at radius 2 is 1.69 bits per heavy atom. The van der Waals surface area contributed by atoms with E-state index in [1.54, 1.807) is 6.33 Å². The van der Waals surface area contributed by atoms with E-state index in [1.807, 2.05) is 47.4 Å². The number of para-hydroxylation sites is 1. The van der Waals surface area contributed by atoms with Crippen LogP contribution in [0.15, 0.2) is 54.9 Å². The molecule has 2 aliphatic rings. The van der Waals surface area contributed by atoms with Gasteiger partial charge in [0.2, 0.25) is 5.91 Å². The molecular weight excluding hydrogens is 422 g/mol. The van der Waals surface area contributed by atoms with Gasteiger partial charge in [-0.15, -0.1) is 0 Å². The summed E-state index contributed by atoms with van der Waals surface area (Å²) in [5.41, 5.74) is 2.12. The zero-order chi connectivity index (χ0) is 21.9. The first-order valence-electron chi connectivity index (χ1n) is 11.4. The van der Waals surface area contributed by atoms with Crippen molar-refractivity contribution in [1.82, 2.24) is 19.8 Å². The van der Waals surface area contributed by atoms with E-state index < -0.39 is 0 Å². The Morgan fingerprint density at radius 1 is 0.906 bits per heavy atom. The lowest BCUT2D eigenvalue weighted by Gasteiger charge is -2.39. The van der Waals surface area contributed by atoms with Gasteiger partial charge in [0.25, 0.3) is 0 Å². The molecule has 32 heavy (non-hydrogen) atoms. The number of likely N-dealkylation sites (tertiary alicyclic amines) is 1. The van der Waals surface area contributed by atoms with Crippen LogP contribution < -0.4 is 4.90 Å². The zero-order valence-electron chi connectivity index (χ0n) is 18.2. The van der Waals surface area contributed by atoms with Crippen LogP contribution >= 0.6 is 11.6 Å². The van der Waals surface area contributed by atoms with Crippen LogP contribution in [0.4, 0.5) is 5.82 Å². The fourth-order valence-corrected chi connectivity index (χ4v) is 5.03. The summed E-state index contributed by atoms with van der Waals surface area (Å²) in [6, 6.07) is 16.5. The maximum Gasteiger partial charge on any atom is 0.222 e. The molecule has 1 unspecified atom stereocenters. The molecule has 2 fully saturated rings. The van der Waals surface area contributed by atoms with Crippen LogP contribution in [0.1, 0.15) is 24.8 Å². The molecule has 1 amide bonds. The van der Waals surface area contributed by atoms with Gasteiger partial charge in [-0.1, -0.05) is 35.9 Å². The van der Waals surface area contributed by atoms with Gasteiger partial charge in [0.1, 0.15) is 12.1 Å². The van der Waals surface area contributed by atoms with E-state index in [2.05, 4.69) is 25.8 Å². The quantitative estimate of drug-likeness (QED) is 0.603. The molecule has 0 aliphatic carbocycles. The Kier molecular flexibility index (Phi) is 6.23. The van der Waals surface area contributed by atoms with Crippen LogP contribution in [0.25, 0.3) is 10.9 Å². The lowest BCUT2D eigenvalue weighted by Crippen LogP contribution is -2.50. The van der Waals surface area contributed by atoms with E-state index in [-0.39, 0.29) is 5.91 Å². The number of carbonyl (C=O) groups excluding carboxylic acids is 1. The number of aromatic nitrogens is 2. The number of carbonyl (C=O) groups is 1. The van der Waals surface area contributed by atoms with Gasteiger partial charge in [-0.05, 0) is 42.7 Å². The first-order chi connectivity index (χ1) is 15.7. The average Bonchev–Trinajstić information content (AvgIpc) is 3.02. The highest BCUT2D eigenvalue weighted by molar-refractivity contribution is 6.30. The van der Waals surface area contributed by atoms with E-state index in [9.17, 15) is 4.79 Å². The Balaban J connectivity index is 1.20. The van der Waals surface area contributed by atoms with Crippen LogP contribution in [-0.2, 0) is 11.3 Å². The Hall–Kier alpha value is -2.70. The normalized spacial score (nSPS) is 20.5. The van der Waals surface area contributed by atoms with Crippen LogP contribution in [0.3, 0.4) is 0 Å². The zero-order valence-corrected chi connectivity index (χ0v) is 18.9. The molecule has 3 aromatic rings. The van der Waals surface area contributed by atoms with E-state index in [0.717, 1.165) is 72.9 Å². The molecule has 0 bridgehead atoms. The predicted octanol–water partition coefficient (Wildman–Crippen LogP) is 3.99. The van der Waals surface area contributed by atoms with E-state index in [0.29, 0.717) is 19.0 Å². The number of fused-ring (bicyclic) bond motifs is 1. The first kappa shape index (κ1) is 21.2. The molecule has 0 spiro atoms. The van der Waals surface area contributed by atoms with Crippen LogP contribution in [-0.4, -0.2) is 64.4 Å². The van der Waals surface area contributed by atoms with Crippen LogP contribution in [0.5, 0.6) is 0 Å². The van der Waals surface area contributed by atoms with Gasteiger partial charge in [0.05, 0.1) is 5.52 Å². The van der Waals surface area contributed by atoms with Crippen molar-refractivity contribution in [2.24, 2.45) is 0 Å². The maximum absolute atomic E-state index is 12.7. The van der Waals surface area contributed by atoms with Gasteiger partial charge in [-0.2, -0.15) is 0 Å². The highest BCUT2D eigenvalue weighted by atomic mass is 35.5. The summed E-state index contributed by atoms with van der Waals surface area (Å²) in [6.45, 7) is 5.35. The number of anilines is 1. The molecule has 5 rings (SSSR count). The Bertz CT molecular complexity index is 1080. The van der Waals surface area contributed by atoms with Crippen molar-refractivity contribution >= 4 is 34.2 Å². The molecular formula is C25H28ClN5O. The minimum atomic E-state index is 0.258. The van der Waals surface area contributed by atoms with Crippen molar-refractivity contribution in [2.45, 2.75) is 31.8 Å². The number of nitrogens with zero attached hydrogens (tertiary/aromatic N) is 5. The Labute approximate surface area is 193 Å². The third-order valence-corrected chi connectivity index (χ3v) is 6.97. The van der Waals surface area contributed by atoms with E-state index >= 15 is 0 Å². The van der Waals surface area contributed by atoms with E-state index in [4.69, 9.17) is 11.6 Å². The molecule has 0 saturated carbocycles. The molecule has 2 saturated heterocycles. The van der Waals surface area contributed by atoms with Crippen LogP contribution in [0, 0.1) is 0 Å². The van der Waals surface area contributed by atoms with Gasteiger partial charge < -0.3 is 9.80 Å². The molecule has 7 heteroatoms. The van der Waals surface area contributed by atoms with Gasteiger partial charge in [-0.25, -0.2) is 9.97 Å². The molecule has 1 aromatic heterocycles. The van der Waals surface area contributed by atoms with Crippen molar-refractivity contribution < 1.29 is 4.79 Å². The third-order valence-electron chi connectivity index (χ3n) is 6.72. The second-order valence-corrected chi connectivity index (χ2v) is 9.10. The predicted molar refractivity (Wildman–Crippen MR) is 128 cm³/mol. The van der Waals surface area contributed by atoms with Gasteiger partial charge >= 0.3 is 0 Å². The molecule has 166 valence electrons. The first-order valence-corrected chi connectivity index (χ1v) is 11.8. The minimum absolute atomic E-state index is 0.258. The van der Waals surface area contributed by atoms with Crippen molar-refractivity contribution in [2.75, 3.05) is 37.6 Å². The molecule has 1 atom stereocenters. The second-order valence-electron chi connectivity index (χ2n) is 8.66. The largest absolute Gasteiger partial charge is 0.353 e. The molecule has 2 aliphatic heterocycles. The lowest BCUT2D eigenvalue weighted by molar-refractivity contribution is -0.131. The standard InChI is InChI=1S/C25H28ClN5O/c26-20-7-5-19(6-8-20)17-31-12-11-21(9-10-24(31)32)29-13-15-30(16-14-29)25-22-3-1-2-4-23(22)27-18-28-25/h1-8,18,21H,9-17H2. The van der Waals surface area contributed by atoms with Crippen LogP contribution in [0.2, 0.25) is 5.02 Å². The molecule has 3 heterocycles. The van der Waals surface area contributed by atoms with Crippen molar-refractivity contribution in [1.29, 1.82) is 0 Å². The second kappa shape index (κ2) is 9.43. The van der Waals surface area contributed by atoms with E-state index in [1.165, 1.54) is 0 Å². The van der Waals surface area contributed by atoms with Gasteiger partial charge in [-0.3, -0.25) is 9.69 Å². The number of halogens is 1. The van der Waals surface area contributed by atoms with Gasteiger partial charge in [0.15, 0.2) is 0 Å². The number of piperazine rings is 1. The summed E-state index contributed by atoms with van der Waals surface area (Å²) in [4.78, 5) is 28.7. The number of rotatable bonds is 4. The molecule has 0 N–H and O–H groups in total. The molecule has 0 radical (unpaired) electrons. The number of amides is 1. The highest BCUT2D eigenvalue weighted by Gasteiger charge is 2.29. The third kappa shape index (κ3) is 4.57. The summed E-state index contributed by atoms with van der Waals surface area (Å²) in [6.07, 6.45) is 4.24. The summed E-state index contributed by atoms with van der Waals surface area (Å²) in [5.74, 6) is 1.29. The van der Waals surface area contributed by atoms with Crippen molar-refractivity contribution in [3.63, 3.8) is 0 Å². The van der Waals surface area contributed by atoms with Crippen molar-refractivity contribution in [3.05, 3.63) is 65.4 Å². The fourth-order valence-electron chi connectivity index (χ4n) is 4.91. The molecule has 6 nitrogen and oxygen atoms in total.